The molecule has 1 rings (SSSR count). The summed E-state index contributed by atoms with van der Waals surface area (Å²) in [5.41, 5.74) is -0.0441. The van der Waals surface area contributed by atoms with Gasteiger partial charge < -0.3 is 0 Å². The first-order chi connectivity index (χ1) is 7.17. The normalized spacial score (nSPS) is 44.5. The van der Waals surface area contributed by atoms with Crippen LogP contribution in [0.1, 0.15) is 40.4 Å². The zero-order chi connectivity index (χ0) is 12.6. The fourth-order valence-corrected chi connectivity index (χ4v) is 1.32. The fourth-order valence-electron chi connectivity index (χ4n) is 1.32. The lowest BCUT2D eigenvalue weighted by Crippen LogP contribution is -2.15. The predicted molar refractivity (Wildman–Crippen MR) is 50.5 cm³/mol. The summed E-state index contributed by atoms with van der Waals surface area (Å²) in [4.78, 5) is 0. The number of hydrogen-bond donors (Lipinski definition) is 0. The van der Waals surface area contributed by atoms with E-state index in [1.54, 1.807) is 19.9 Å². The van der Waals surface area contributed by atoms with Crippen molar-refractivity contribution in [3.63, 3.8) is 0 Å². The topological polar surface area (TPSA) is 0 Å². The van der Waals surface area contributed by atoms with E-state index in [9.17, 15) is 0 Å². The maximum absolute atomic E-state index is 7.48. The van der Waals surface area contributed by atoms with Crippen LogP contribution in [-0.2, 0) is 0 Å². The number of rotatable bonds is 1. The van der Waals surface area contributed by atoms with Crippen LogP contribution in [0.25, 0.3) is 0 Å². The summed E-state index contributed by atoms with van der Waals surface area (Å²) in [6.45, 7) is 1.37. The lowest BCUT2D eigenvalue weighted by molar-refractivity contribution is 0.376. The van der Waals surface area contributed by atoms with Gasteiger partial charge in [-0.3, -0.25) is 0 Å². The Kier molecular flexibility index (Phi) is 1.02. The van der Waals surface area contributed by atoms with Crippen molar-refractivity contribution in [2.24, 2.45) is 11.3 Å². The van der Waals surface area contributed by atoms with Crippen LogP contribution in [0.3, 0.4) is 0 Å². The minimum absolute atomic E-state index is 0.0559. The second-order valence-electron chi connectivity index (χ2n) is 3.60. The second kappa shape index (κ2) is 2.84. The van der Waals surface area contributed by atoms with Gasteiger partial charge in [0.15, 0.2) is 0 Å². The molecule has 62 valence electrons. The molecule has 0 nitrogen and oxygen atoms in total. The summed E-state index contributed by atoms with van der Waals surface area (Å²) in [6.07, 6.45) is 4.86. The van der Waals surface area contributed by atoms with Crippen LogP contribution >= 0.6 is 0 Å². The lowest BCUT2D eigenvalue weighted by atomic mass is 9.77. The molecule has 1 aliphatic carbocycles. The summed E-state index contributed by atoms with van der Waals surface area (Å²) >= 11 is 0. The molecule has 0 fully saturated rings. The highest BCUT2D eigenvalue weighted by Gasteiger charge is 2.21. The van der Waals surface area contributed by atoms with E-state index in [-0.39, 0.29) is 12.4 Å². The van der Waals surface area contributed by atoms with E-state index >= 15 is 0 Å². The molecule has 0 saturated heterocycles. The third-order valence-corrected chi connectivity index (χ3v) is 2.23. The minimum atomic E-state index is -1.98. The quantitative estimate of drug-likeness (QED) is 0.508. The molecule has 0 aromatic carbocycles. The first-order valence-electron chi connectivity index (χ1n) is 6.51. The third kappa shape index (κ3) is 2.21. The van der Waals surface area contributed by atoms with Crippen molar-refractivity contribution in [1.29, 1.82) is 0 Å². The van der Waals surface area contributed by atoms with E-state index in [4.69, 9.17) is 6.85 Å². The van der Waals surface area contributed by atoms with Crippen LogP contribution < -0.4 is 0 Å². The summed E-state index contributed by atoms with van der Waals surface area (Å²) in [5, 5.41) is 0. The van der Waals surface area contributed by atoms with E-state index in [0.717, 1.165) is 0 Å². The maximum atomic E-state index is 7.48. The molecule has 0 N–H and O–H groups in total. The van der Waals surface area contributed by atoms with Crippen molar-refractivity contribution in [1.82, 2.24) is 0 Å². The first-order valence-corrected chi connectivity index (χ1v) is 4.01. The van der Waals surface area contributed by atoms with E-state index in [1.165, 1.54) is 0 Å². The zero-order valence-corrected chi connectivity index (χ0v) is 7.15. The van der Waals surface area contributed by atoms with E-state index < -0.39 is 12.3 Å². The minimum Gasteiger partial charge on any atom is -0.0995 e. The van der Waals surface area contributed by atoms with Crippen molar-refractivity contribution in [3.05, 3.63) is 24.3 Å². The average molecular weight is 155 g/mol. The van der Waals surface area contributed by atoms with Gasteiger partial charge in [-0.25, -0.2) is 0 Å². The molecule has 1 aliphatic rings. The Hall–Kier alpha value is -0.520. The smallest absolute Gasteiger partial charge is 0.0537 e. The van der Waals surface area contributed by atoms with Gasteiger partial charge in [0, 0.05) is 4.11 Å². The largest absolute Gasteiger partial charge is 0.0995 e. The van der Waals surface area contributed by atoms with Crippen LogP contribution in [0.5, 0.6) is 0 Å². The summed E-state index contributed by atoms with van der Waals surface area (Å²) in [7, 11) is 0. The SMILES string of the molecule is [2H]C([2H])=C(C)C1C=CC(C)(C([2H])([2H])[2H])CC1. The van der Waals surface area contributed by atoms with Crippen LogP contribution in [0.15, 0.2) is 24.3 Å². The van der Waals surface area contributed by atoms with Gasteiger partial charge in [-0.2, -0.15) is 0 Å². The van der Waals surface area contributed by atoms with Crippen LogP contribution in [-0.4, -0.2) is 0 Å². The summed E-state index contributed by atoms with van der Waals surface area (Å²) in [5.74, 6) is 0.0559. The summed E-state index contributed by atoms with van der Waals surface area (Å²) in [6, 6.07) is 0. The van der Waals surface area contributed by atoms with Crippen molar-refractivity contribution in [2.45, 2.75) is 33.5 Å². The monoisotopic (exact) mass is 155 g/mol. The van der Waals surface area contributed by atoms with Crippen LogP contribution in [0, 0.1) is 11.3 Å². The highest BCUT2D eigenvalue weighted by molar-refractivity contribution is 5.13. The highest BCUT2D eigenvalue weighted by Crippen LogP contribution is 2.34. The van der Waals surface area contributed by atoms with Gasteiger partial charge in [0.1, 0.15) is 0 Å². The Bertz CT molecular complexity index is 322. The summed E-state index contributed by atoms with van der Waals surface area (Å²) < 4.78 is 36.9. The Morgan fingerprint density at radius 2 is 2.73 bits per heavy atom. The molecule has 0 heterocycles. The third-order valence-electron chi connectivity index (χ3n) is 2.23. The van der Waals surface area contributed by atoms with Crippen molar-refractivity contribution in [3.8, 4) is 0 Å². The van der Waals surface area contributed by atoms with Gasteiger partial charge in [0.25, 0.3) is 0 Å². The molecule has 0 bridgehead atoms. The molecule has 2 unspecified atom stereocenters. The molecule has 0 aromatic heterocycles. The van der Waals surface area contributed by atoms with Gasteiger partial charge in [-0.05, 0) is 31.1 Å². The predicted octanol–water partition coefficient (Wildman–Crippen LogP) is 3.55. The van der Waals surface area contributed by atoms with Gasteiger partial charge in [0.05, 0.1) is 2.74 Å². The first kappa shape index (κ1) is 3.93. The lowest BCUT2D eigenvalue weighted by Gasteiger charge is -2.28. The molecular formula is C11H18. The highest BCUT2D eigenvalue weighted by atomic mass is 14.3. The van der Waals surface area contributed by atoms with Gasteiger partial charge in [0.2, 0.25) is 0 Å². The second-order valence-corrected chi connectivity index (χ2v) is 3.60. The molecule has 0 spiro atoms. The number of allylic oxidation sites excluding steroid dienone is 3. The molecule has 0 heteroatoms. The maximum Gasteiger partial charge on any atom is 0.0537 e. The molecule has 0 aromatic rings. The Labute approximate surface area is 77.0 Å². The van der Waals surface area contributed by atoms with E-state index in [0.29, 0.717) is 18.4 Å². The molecule has 0 saturated carbocycles. The van der Waals surface area contributed by atoms with Crippen LogP contribution in [0.2, 0.25) is 0 Å². The van der Waals surface area contributed by atoms with Gasteiger partial charge in [-0.15, -0.1) is 0 Å². The Balaban J connectivity index is 2.88. The Morgan fingerprint density at radius 1 is 1.91 bits per heavy atom. The Morgan fingerprint density at radius 3 is 3.18 bits per heavy atom. The average Bonchev–Trinajstić information content (AvgIpc) is 2.16. The van der Waals surface area contributed by atoms with E-state index in [2.05, 4.69) is 0 Å². The molecule has 0 aliphatic heterocycles. The standard InChI is InChI=1S/C11H18/c1-9(2)10-5-7-11(3,4)8-6-10/h5,7,10H,1,6,8H2,2-4H3/i1D2,3D3. The van der Waals surface area contributed by atoms with E-state index in [1.807, 2.05) is 6.08 Å². The molecule has 2 atom stereocenters. The van der Waals surface area contributed by atoms with Gasteiger partial charge >= 0.3 is 0 Å². The number of hydrogen-bond acceptors (Lipinski definition) is 0. The van der Waals surface area contributed by atoms with Crippen molar-refractivity contribution >= 4 is 0 Å². The zero-order valence-electron chi connectivity index (χ0n) is 12.1. The fraction of sp³-hybridized carbons (Fsp3) is 0.636. The molecule has 0 amide bonds. The van der Waals surface area contributed by atoms with Crippen molar-refractivity contribution in [2.75, 3.05) is 0 Å². The molecule has 11 heavy (non-hydrogen) atoms. The molecular weight excluding hydrogens is 132 g/mol. The van der Waals surface area contributed by atoms with Gasteiger partial charge in [-0.1, -0.05) is 38.0 Å². The van der Waals surface area contributed by atoms with Crippen molar-refractivity contribution < 1.29 is 6.85 Å². The van der Waals surface area contributed by atoms with Crippen LogP contribution in [0.4, 0.5) is 0 Å². The molecule has 0 radical (unpaired) electrons.